The molecule has 0 fully saturated rings. The number of hydrogen-bond acceptors (Lipinski definition) is 5. The van der Waals surface area contributed by atoms with Crippen molar-refractivity contribution in [2.75, 3.05) is 19.5 Å². The molecule has 28 heavy (non-hydrogen) atoms. The minimum atomic E-state index is -4.04. The summed E-state index contributed by atoms with van der Waals surface area (Å²) in [6.07, 6.45) is 4.61. The fourth-order valence-electron chi connectivity index (χ4n) is 2.56. The molecule has 1 aromatic carbocycles. The first kappa shape index (κ1) is 19.6. The monoisotopic (exact) mass is 403 g/mol. The maximum Gasteiger partial charge on any atom is 0.345 e. The average molecular weight is 403 g/mol. The van der Waals surface area contributed by atoms with E-state index in [0.29, 0.717) is 17.0 Å². The quantitative estimate of drug-likeness (QED) is 0.822. The summed E-state index contributed by atoms with van der Waals surface area (Å²) < 4.78 is 36.4. The van der Waals surface area contributed by atoms with Gasteiger partial charge in [0.05, 0.1) is 24.7 Å². The standard InChI is InChI=1S/C18H21N5O4S/c1-12(2)23-11-14(10-19-23)20-18(24)17-9-16(21-28(25,26)22(17)3)13-6-5-7-15(8-13)27-4/h5-12H,1-4H3,(H,20,24). The molecule has 1 N–H and O–H groups in total. The first-order valence-electron chi connectivity index (χ1n) is 8.51. The molecule has 0 saturated carbocycles. The Bertz CT molecular complexity index is 1070. The Balaban J connectivity index is 1.94. The van der Waals surface area contributed by atoms with Crippen molar-refractivity contribution >= 4 is 27.5 Å². The minimum Gasteiger partial charge on any atom is -0.497 e. The van der Waals surface area contributed by atoms with Gasteiger partial charge in [-0.3, -0.25) is 9.48 Å². The maximum atomic E-state index is 12.7. The lowest BCUT2D eigenvalue weighted by Gasteiger charge is -2.23. The highest BCUT2D eigenvalue weighted by molar-refractivity contribution is 7.88. The van der Waals surface area contributed by atoms with E-state index in [1.165, 1.54) is 26.4 Å². The summed E-state index contributed by atoms with van der Waals surface area (Å²) in [6, 6.07) is 6.93. The van der Waals surface area contributed by atoms with Crippen molar-refractivity contribution in [1.29, 1.82) is 0 Å². The van der Waals surface area contributed by atoms with Crippen LogP contribution in [-0.4, -0.2) is 48.3 Å². The smallest absolute Gasteiger partial charge is 0.345 e. The Morgan fingerprint density at radius 1 is 1.29 bits per heavy atom. The lowest BCUT2D eigenvalue weighted by atomic mass is 10.1. The number of amides is 1. The zero-order chi connectivity index (χ0) is 20.5. The number of benzene rings is 1. The fraction of sp³-hybridized carbons (Fsp3) is 0.278. The van der Waals surface area contributed by atoms with Crippen LogP contribution in [0.2, 0.25) is 0 Å². The summed E-state index contributed by atoms with van der Waals surface area (Å²) in [5.41, 5.74) is 1.09. The van der Waals surface area contributed by atoms with Crippen molar-refractivity contribution < 1.29 is 17.9 Å². The highest BCUT2D eigenvalue weighted by atomic mass is 32.2. The number of ether oxygens (including phenoxy) is 1. The largest absolute Gasteiger partial charge is 0.497 e. The first-order chi connectivity index (χ1) is 13.2. The van der Waals surface area contributed by atoms with Crippen LogP contribution in [0.3, 0.4) is 0 Å². The van der Waals surface area contributed by atoms with E-state index in [1.807, 2.05) is 13.8 Å². The van der Waals surface area contributed by atoms with Gasteiger partial charge in [-0.1, -0.05) is 12.1 Å². The van der Waals surface area contributed by atoms with Crippen molar-refractivity contribution in [3.63, 3.8) is 0 Å². The van der Waals surface area contributed by atoms with Crippen molar-refractivity contribution in [2.24, 2.45) is 4.40 Å². The van der Waals surface area contributed by atoms with E-state index in [-0.39, 0.29) is 17.5 Å². The summed E-state index contributed by atoms with van der Waals surface area (Å²) in [4.78, 5) is 12.7. The maximum absolute atomic E-state index is 12.7. The van der Waals surface area contributed by atoms with Crippen LogP contribution in [0.25, 0.3) is 0 Å². The number of anilines is 1. The molecule has 1 aromatic heterocycles. The van der Waals surface area contributed by atoms with Gasteiger partial charge in [0, 0.05) is 24.8 Å². The van der Waals surface area contributed by atoms with Crippen molar-refractivity contribution in [3.05, 3.63) is 54.0 Å². The Morgan fingerprint density at radius 3 is 2.68 bits per heavy atom. The van der Waals surface area contributed by atoms with Gasteiger partial charge in [-0.15, -0.1) is 4.40 Å². The molecule has 0 spiro atoms. The molecule has 9 nitrogen and oxygen atoms in total. The van der Waals surface area contributed by atoms with E-state index >= 15 is 0 Å². The van der Waals surface area contributed by atoms with Gasteiger partial charge in [0.2, 0.25) is 0 Å². The van der Waals surface area contributed by atoms with E-state index in [4.69, 9.17) is 4.74 Å². The van der Waals surface area contributed by atoms with Crippen LogP contribution in [0.15, 0.2) is 52.8 Å². The van der Waals surface area contributed by atoms with Crippen molar-refractivity contribution in [2.45, 2.75) is 19.9 Å². The summed E-state index contributed by atoms with van der Waals surface area (Å²) in [5.74, 6) is -0.0262. The van der Waals surface area contributed by atoms with Crippen molar-refractivity contribution in [1.82, 2.24) is 14.1 Å². The number of allylic oxidation sites excluding steroid dienone is 1. The second kappa shape index (κ2) is 7.47. The second-order valence-electron chi connectivity index (χ2n) is 6.44. The molecule has 10 heteroatoms. The van der Waals surface area contributed by atoms with Crippen LogP contribution in [0, 0.1) is 0 Å². The summed E-state index contributed by atoms with van der Waals surface area (Å²) >= 11 is 0. The predicted octanol–water partition coefficient (Wildman–Crippen LogP) is 1.97. The fourth-order valence-corrected chi connectivity index (χ4v) is 3.48. The summed E-state index contributed by atoms with van der Waals surface area (Å²) in [5, 5.41) is 6.83. The molecule has 0 unspecified atom stereocenters. The molecule has 0 bridgehead atoms. The Hall–Kier alpha value is -3.14. The Morgan fingerprint density at radius 2 is 2.04 bits per heavy atom. The zero-order valence-corrected chi connectivity index (χ0v) is 16.8. The summed E-state index contributed by atoms with van der Waals surface area (Å²) in [6.45, 7) is 3.92. The SMILES string of the molecule is COc1cccc(C2=NS(=O)(=O)N(C)C(C(=O)Nc3cnn(C(C)C)c3)=C2)c1. The lowest BCUT2D eigenvalue weighted by Crippen LogP contribution is -2.35. The van der Waals surface area contributed by atoms with Crippen LogP contribution < -0.4 is 10.1 Å². The van der Waals surface area contributed by atoms with E-state index < -0.39 is 16.1 Å². The highest BCUT2D eigenvalue weighted by Gasteiger charge is 2.30. The number of nitrogens with one attached hydrogen (secondary N) is 1. The number of aromatic nitrogens is 2. The van der Waals surface area contributed by atoms with Crippen molar-refractivity contribution in [3.8, 4) is 5.75 Å². The first-order valence-corrected chi connectivity index (χ1v) is 9.91. The molecule has 2 heterocycles. The predicted molar refractivity (Wildman–Crippen MR) is 106 cm³/mol. The normalized spacial score (nSPS) is 15.8. The van der Waals surface area contributed by atoms with Gasteiger partial charge in [-0.25, -0.2) is 4.31 Å². The Labute approximate surface area is 163 Å². The molecule has 3 rings (SSSR count). The number of nitrogens with zero attached hydrogens (tertiary/aromatic N) is 4. The van der Waals surface area contributed by atoms with Gasteiger partial charge in [-0.2, -0.15) is 13.5 Å². The number of hydrogen-bond donors (Lipinski definition) is 1. The average Bonchev–Trinajstić information content (AvgIpc) is 3.12. The minimum absolute atomic E-state index is 0.0508. The molecule has 0 aliphatic carbocycles. The van der Waals surface area contributed by atoms with Crippen LogP contribution >= 0.6 is 0 Å². The molecule has 1 aliphatic rings. The third-order valence-corrected chi connectivity index (χ3v) is 5.48. The van der Waals surface area contributed by atoms with E-state index in [9.17, 15) is 13.2 Å². The van der Waals surface area contributed by atoms with Gasteiger partial charge in [0.25, 0.3) is 5.91 Å². The van der Waals surface area contributed by atoms with Gasteiger partial charge in [0.15, 0.2) is 0 Å². The molecular weight excluding hydrogens is 382 g/mol. The molecule has 148 valence electrons. The molecular formula is C18H21N5O4S. The van der Waals surface area contributed by atoms with E-state index in [1.54, 1.807) is 35.1 Å². The molecule has 2 aromatic rings. The zero-order valence-electron chi connectivity index (χ0n) is 15.9. The number of likely N-dealkylation sites (N-methyl/N-ethyl adjacent to an activating group) is 1. The third kappa shape index (κ3) is 3.91. The molecule has 0 atom stereocenters. The van der Waals surface area contributed by atoms with Gasteiger partial charge in [0.1, 0.15) is 11.4 Å². The summed E-state index contributed by atoms with van der Waals surface area (Å²) in [7, 11) is -1.25. The van der Waals surface area contributed by atoms with Crippen LogP contribution in [-0.2, 0) is 15.0 Å². The Kier molecular flexibility index (Phi) is 5.23. The van der Waals surface area contributed by atoms with Gasteiger partial charge in [-0.05, 0) is 32.1 Å². The van der Waals surface area contributed by atoms with Crippen LogP contribution in [0.4, 0.5) is 5.69 Å². The van der Waals surface area contributed by atoms with E-state index in [2.05, 4.69) is 14.8 Å². The lowest BCUT2D eigenvalue weighted by molar-refractivity contribution is -0.113. The third-order valence-electron chi connectivity index (χ3n) is 4.16. The molecule has 0 saturated heterocycles. The van der Waals surface area contributed by atoms with E-state index in [0.717, 1.165) is 4.31 Å². The second-order valence-corrected chi connectivity index (χ2v) is 8.07. The highest BCUT2D eigenvalue weighted by Crippen LogP contribution is 2.23. The number of methoxy groups -OCH3 is 1. The topological polar surface area (TPSA) is 106 Å². The number of rotatable bonds is 5. The van der Waals surface area contributed by atoms with Gasteiger partial charge >= 0.3 is 10.2 Å². The van der Waals surface area contributed by atoms with Crippen LogP contribution in [0.1, 0.15) is 25.5 Å². The molecule has 1 aliphatic heterocycles. The molecule has 0 radical (unpaired) electrons. The van der Waals surface area contributed by atoms with Gasteiger partial charge < -0.3 is 10.1 Å². The van der Waals surface area contributed by atoms with Crippen LogP contribution in [0.5, 0.6) is 5.75 Å². The number of carbonyl (C=O) groups excluding carboxylic acids is 1. The molecule has 1 amide bonds. The number of carbonyl (C=O) groups is 1.